The second-order valence-corrected chi connectivity index (χ2v) is 6.59. The van der Waals surface area contributed by atoms with Crippen molar-refractivity contribution in [1.29, 1.82) is 0 Å². The summed E-state index contributed by atoms with van der Waals surface area (Å²) in [7, 11) is 0. The molecule has 2 aromatic carbocycles. The van der Waals surface area contributed by atoms with Crippen LogP contribution in [0, 0.1) is 0 Å². The minimum Gasteiger partial charge on any atom is -0.381 e. The second kappa shape index (κ2) is 7.29. The third-order valence-corrected chi connectivity index (χ3v) is 4.95. The molecular weight excluding hydrogens is 419 g/mol. The highest BCUT2D eigenvalue weighted by atomic mass is 79.9. The van der Waals surface area contributed by atoms with Gasteiger partial charge in [-0.1, -0.05) is 17.7 Å². The van der Waals surface area contributed by atoms with E-state index in [0.29, 0.717) is 17.3 Å². The van der Waals surface area contributed by atoms with E-state index in [4.69, 9.17) is 11.6 Å². The molecule has 0 aliphatic rings. The van der Waals surface area contributed by atoms with Crippen LogP contribution < -0.4 is 10.6 Å². The van der Waals surface area contributed by atoms with E-state index in [9.17, 15) is 4.79 Å². The van der Waals surface area contributed by atoms with Crippen LogP contribution in [0.1, 0.15) is 12.5 Å². The maximum Gasteiger partial charge on any atom is 0.221 e. The van der Waals surface area contributed by atoms with E-state index in [1.54, 1.807) is 12.1 Å². The maximum atomic E-state index is 11.0. The first kappa shape index (κ1) is 16.3. The van der Waals surface area contributed by atoms with Crippen molar-refractivity contribution in [2.24, 2.45) is 0 Å². The van der Waals surface area contributed by atoms with E-state index in [1.807, 2.05) is 24.3 Å². The summed E-state index contributed by atoms with van der Waals surface area (Å²) in [4.78, 5) is 11.0. The Balaban J connectivity index is 2.04. The summed E-state index contributed by atoms with van der Waals surface area (Å²) < 4.78 is 2.04. The quantitative estimate of drug-likeness (QED) is 0.676. The van der Waals surface area contributed by atoms with E-state index >= 15 is 0 Å². The number of carbonyl (C=O) groups is 1. The highest BCUT2D eigenvalue weighted by Gasteiger charge is 2.04. The zero-order valence-corrected chi connectivity index (χ0v) is 15.1. The molecule has 0 aliphatic carbocycles. The van der Waals surface area contributed by atoms with Gasteiger partial charge in [-0.05, 0) is 67.8 Å². The van der Waals surface area contributed by atoms with Crippen molar-refractivity contribution in [2.75, 3.05) is 10.6 Å². The van der Waals surface area contributed by atoms with Gasteiger partial charge in [0.1, 0.15) is 0 Å². The molecule has 21 heavy (non-hydrogen) atoms. The molecule has 0 saturated heterocycles. The summed E-state index contributed by atoms with van der Waals surface area (Å²) in [5.74, 6) is -0.141. The Morgan fingerprint density at radius 3 is 2.52 bits per heavy atom. The van der Waals surface area contributed by atoms with Gasteiger partial charge in [-0.2, -0.15) is 0 Å². The van der Waals surface area contributed by atoms with Gasteiger partial charge < -0.3 is 10.6 Å². The third-order valence-electron chi connectivity index (χ3n) is 2.76. The Morgan fingerprint density at radius 2 is 1.90 bits per heavy atom. The van der Waals surface area contributed by atoms with Crippen LogP contribution in [0.25, 0.3) is 0 Å². The maximum absolute atomic E-state index is 11.0. The smallest absolute Gasteiger partial charge is 0.221 e. The van der Waals surface area contributed by atoms with Gasteiger partial charge >= 0.3 is 0 Å². The molecule has 0 unspecified atom stereocenters. The SMILES string of the molecule is CC(=O)Nc1ccc(NCc2ccc(Br)c(Br)c2)cc1Cl. The standard InChI is InChI=1S/C15H13Br2ClN2O/c1-9(21)20-15-5-3-11(7-14(15)18)19-8-10-2-4-12(16)13(17)6-10/h2-7,19H,8H2,1H3,(H,20,21). The van der Waals surface area contributed by atoms with Crippen molar-refractivity contribution in [1.82, 2.24) is 0 Å². The fourth-order valence-electron chi connectivity index (χ4n) is 1.77. The second-order valence-electron chi connectivity index (χ2n) is 4.48. The minimum absolute atomic E-state index is 0.141. The molecule has 0 aliphatic heterocycles. The number of amides is 1. The predicted molar refractivity (Wildman–Crippen MR) is 94.9 cm³/mol. The number of rotatable bonds is 4. The normalized spacial score (nSPS) is 10.3. The Labute approximate surface area is 145 Å². The summed E-state index contributed by atoms with van der Waals surface area (Å²) in [6.07, 6.45) is 0. The van der Waals surface area contributed by atoms with Crippen LogP contribution in [0.4, 0.5) is 11.4 Å². The fraction of sp³-hybridized carbons (Fsp3) is 0.133. The van der Waals surface area contributed by atoms with Gasteiger partial charge in [-0.25, -0.2) is 0 Å². The van der Waals surface area contributed by atoms with E-state index < -0.39 is 0 Å². The summed E-state index contributed by atoms with van der Waals surface area (Å²) in [6.45, 7) is 2.13. The van der Waals surface area contributed by atoms with Gasteiger partial charge in [0.15, 0.2) is 0 Å². The molecule has 2 rings (SSSR count). The zero-order valence-electron chi connectivity index (χ0n) is 11.2. The molecule has 1 amide bonds. The Hall–Kier alpha value is -1.04. The summed E-state index contributed by atoms with van der Waals surface area (Å²) in [6, 6.07) is 11.5. The first-order valence-corrected chi connectivity index (χ1v) is 8.17. The molecule has 0 aromatic heterocycles. The van der Waals surface area contributed by atoms with Crippen molar-refractivity contribution < 1.29 is 4.79 Å². The topological polar surface area (TPSA) is 41.1 Å². The molecule has 2 aromatic rings. The summed E-state index contributed by atoms with van der Waals surface area (Å²) in [5, 5.41) is 6.48. The van der Waals surface area contributed by atoms with E-state index in [2.05, 4.69) is 42.5 Å². The van der Waals surface area contributed by atoms with Crippen LogP contribution in [0.15, 0.2) is 45.3 Å². The van der Waals surface area contributed by atoms with Crippen molar-refractivity contribution in [3.05, 3.63) is 55.9 Å². The number of carbonyl (C=O) groups excluding carboxylic acids is 1. The Morgan fingerprint density at radius 1 is 1.14 bits per heavy atom. The number of hydrogen-bond donors (Lipinski definition) is 2. The van der Waals surface area contributed by atoms with Gasteiger partial charge in [0.2, 0.25) is 5.91 Å². The zero-order chi connectivity index (χ0) is 15.4. The van der Waals surface area contributed by atoms with Crippen LogP contribution in [-0.2, 0) is 11.3 Å². The van der Waals surface area contributed by atoms with Crippen LogP contribution in [0.5, 0.6) is 0 Å². The highest BCUT2D eigenvalue weighted by molar-refractivity contribution is 9.13. The molecule has 0 radical (unpaired) electrons. The Kier molecular flexibility index (Phi) is 5.67. The lowest BCUT2D eigenvalue weighted by molar-refractivity contribution is -0.114. The van der Waals surface area contributed by atoms with E-state index in [-0.39, 0.29) is 5.91 Å². The van der Waals surface area contributed by atoms with Gasteiger partial charge in [0, 0.05) is 28.1 Å². The molecule has 0 spiro atoms. The Bertz CT molecular complexity index is 677. The lowest BCUT2D eigenvalue weighted by Crippen LogP contribution is -2.06. The first-order chi connectivity index (χ1) is 9.95. The van der Waals surface area contributed by atoms with Crippen LogP contribution in [-0.4, -0.2) is 5.91 Å². The lowest BCUT2D eigenvalue weighted by atomic mass is 10.2. The van der Waals surface area contributed by atoms with Crippen molar-refractivity contribution in [3.8, 4) is 0 Å². The van der Waals surface area contributed by atoms with E-state index in [1.165, 1.54) is 6.92 Å². The average Bonchev–Trinajstić information content (AvgIpc) is 2.42. The highest BCUT2D eigenvalue weighted by Crippen LogP contribution is 2.27. The molecule has 0 saturated carbocycles. The summed E-state index contributed by atoms with van der Waals surface area (Å²) in [5.41, 5.74) is 2.65. The van der Waals surface area contributed by atoms with Crippen molar-refractivity contribution in [2.45, 2.75) is 13.5 Å². The lowest BCUT2D eigenvalue weighted by Gasteiger charge is -2.10. The van der Waals surface area contributed by atoms with Gasteiger partial charge in [-0.3, -0.25) is 4.79 Å². The van der Waals surface area contributed by atoms with Gasteiger partial charge in [0.05, 0.1) is 10.7 Å². The molecule has 2 N–H and O–H groups in total. The molecule has 110 valence electrons. The van der Waals surface area contributed by atoms with Crippen LogP contribution >= 0.6 is 43.5 Å². The summed E-state index contributed by atoms with van der Waals surface area (Å²) >= 11 is 13.1. The molecule has 0 heterocycles. The number of hydrogen-bond acceptors (Lipinski definition) is 2. The molecule has 0 fully saturated rings. The van der Waals surface area contributed by atoms with E-state index in [0.717, 1.165) is 20.2 Å². The fourth-order valence-corrected chi connectivity index (χ4v) is 2.67. The molecule has 3 nitrogen and oxygen atoms in total. The largest absolute Gasteiger partial charge is 0.381 e. The van der Waals surface area contributed by atoms with Gasteiger partial charge in [0.25, 0.3) is 0 Å². The van der Waals surface area contributed by atoms with Crippen molar-refractivity contribution in [3.63, 3.8) is 0 Å². The van der Waals surface area contributed by atoms with Crippen molar-refractivity contribution >= 4 is 60.7 Å². The molecule has 0 atom stereocenters. The first-order valence-electron chi connectivity index (χ1n) is 6.20. The van der Waals surface area contributed by atoms with Crippen LogP contribution in [0.2, 0.25) is 5.02 Å². The number of halogens is 3. The van der Waals surface area contributed by atoms with Crippen LogP contribution in [0.3, 0.4) is 0 Å². The average molecular weight is 433 g/mol. The third kappa shape index (κ3) is 4.73. The predicted octanol–water partition coefficient (Wildman–Crippen LogP) is 5.44. The van der Waals surface area contributed by atoms with Gasteiger partial charge in [-0.15, -0.1) is 0 Å². The number of nitrogens with one attached hydrogen (secondary N) is 2. The monoisotopic (exact) mass is 430 g/mol. The molecular formula is C15H13Br2ClN2O. The minimum atomic E-state index is -0.141. The number of anilines is 2. The number of benzene rings is 2. The molecule has 6 heteroatoms. The molecule has 0 bridgehead atoms.